The van der Waals surface area contributed by atoms with E-state index >= 15 is 0 Å². The molecule has 0 aromatic heterocycles. The van der Waals surface area contributed by atoms with Crippen LogP contribution in [0, 0.1) is 5.41 Å². The summed E-state index contributed by atoms with van der Waals surface area (Å²) in [6.07, 6.45) is 4.97. The predicted octanol–water partition coefficient (Wildman–Crippen LogP) is 3.33. The van der Waals surface area contributed by atoms with Crippen LogP contribution in [0.2, 0.25) is 0 Å². The number of hydrogen-bond donors (Lipinski definition) is 2. The Hall–Kier alpha value is -0.780. The Kier molecular flexibility index (Phi) is 6.79. The van der Waals surface area contributed by atoms with E-state index in [9.17, 15) is 0 Å². The van der Waals surface area contributed by atoms with E-state index in [2.05, 4.69) is 54.5 Å². The summed E-state index contributed by atoms with van der Waals surface area (Å²) < 4.78 is 0. The molecule has 1 aromatic rings. The number of nitrogens with one attached hydrogen (secondary N) is 1. The lowest BCUT2D eigenvalue weighted by molar-refractivity contribution is 0.145. The minimum Gasteiger partial charge on any atom is -0.370 e. The summed E-state index contributed by atoms with van der Waals surface area (Å²) in [6, 6.07) is 11.0. The third-order valence-corrected chi connectivity index (χ3v) is 3.86. The molecule has 0 heterocycles. The quantitative estimate of drug-likeness (QED) is 0.463. The van der Waals surface area contributed by atoms with Crippen molar-refractivity contribution in [1.29, 1.82) is 0 Å². The smallest absolute Gasteiger partial charge is 0.188 e. The van der Waals surface area contributed by atoms with Crippen molar-refractivity contribution in [1.82, 2.24) is 5.32 Å². The lowest BCUT2D eigenvalue weighted by Crippen LogP contribution is -2.40. The van der Waals surface area contributed by atoms with Gasteiger partial charge in [-0.2, -0.15) is 0 Å². The predicted molar refractivity (Wildman–Crippen MR) is 96.6 cm³/mol. The van der Waals surface area contributed by atoms with Gasteiger partial charge >= 0.3 is 0 Å². The zero-order valence-electron chi connectivity index (χ0n) is 12.4. The van der Waals surface area contributed by atoms with Crippen LogP contribution in [-0.2, 0) is 6.42 Å². The average molecular weight is 387 g/mol. The van der Waals surface area contributed by atoms with Gasteiger partial charge in [0.25, 0.3) is 0 Å². The van der Waals surface area contributed by atoms with Gasteiger partial charge in [-0.3, -0.25) is 4.99 Å². The highest BCUT2D eigenvalue weighted by Crippen LogP contribution is 2.43. The van der Waals surface area contributed by atoms with Crippen molar-refractivity contribution in [3.63, 3.8) is 0 Å². The highest BCUT2D eigenvalue weighted by molar-refractivity contribution is 14.0. The highest BCUT2D eigenvalue weighted by Gasteiger charge is 2.36. The largest absolute Gasteiger partial charge is 0.370 e. The molecule has 112 valence electrons. The Balaban J connectivity index is 0.00000200. The molecule has 0 radical (unpaired) electrons. The van der Waals surface area contributed by atoms with Crippen molar-refractivity contribution in [2.45, 2.75) is 45.6 Å². The fourth-order valence-electron chi connectivity index (χ4n) is 2.69. The van der Waals surface area contributed by atoms with Crippen molar-refractivity contribution in [2.24, 2.45) is 16.1 Å². The van der Waals surface area contributed by atoms with Gasteiger partial charge in [-0.05, 0) is 44.1 Å². The molecule has 1 aliphatic rings. The summed E-state index contributed by atoms with van der Waals surface area (Å²) in [6.45, 7) is 4.99. The van der Waals surface area contributed by atoms with Crippen LogP contribution < -0.4 is 11.1 Å². The van der Waals surface area contributed by atoms with Gasteiger partial charge in [0.15, 0.2) is 5.96 Å². The van der Waals surface area contributed by atoms with Crippen molar-refractivity contribution < 1.29 is 0 Å². The second-order valence-electron chi connectivity index (χ2n) is 6.02. The van der Waals surface area contributed by atoms with Gasteiger partial charge in [0.1, 0.15) is 0 Å². The van der Waals surface area contributed by atoms with Gasteiger partial charge in [0.05, 0.1) is 0 Å². The zero-order valence-corrected chi connectivity index (χ0v) is 14.8. The molecule has 3 nitrogen and oxygen atoms in total. The van der Waals surface area contributed by atoms with E-state index in [4.69, 9.17) is 5.73 Å². The fraction of sp³-hybridized carbons (Fsp3) is 0.562. The normalized spacial score (nSPS) is 17.2. The number of nitrogens with zero attached hydrogens (tertiary/aromatic N) is 1. The Morgan fingerprint density at radius 2 is 1.95 bits per heavy atom. The maximum absolute atomic E-state index is 5.89. The number of halogens is 1. The molecule has 0 aliphatic heterocycles. The Morgan fingerprint density at radius 3 is 2.45 bits per heavy atom. The van der Waals surface area contributed by atoms with E-state index in [1.165, 1.54) is 24.8 Å². The van der Waals surface area contributed by atoms with E-state index in [0.29, 0.717) is 17.4 Å². The molecule has 0 bridgehead atoms. The molecule has 0 atom stereocenters. The van der Waals surface area contributed by atoms with Crippen LogP contribution in [0.4, 0.5) is 0 Å². The summed E-state index contributed by atoms with van der Waals surface area (Å²) >= 11 is 0. The van der Waals surface area contributed by atoms with Crippen molar-refractivity contribution in [3.8, 4) is 0 Å². The first kappa shape index (κ1) is 17.3. The van der Waals surface area contributed by atoms with E-state index in [0.717, 1.165) is 13.0 Å². The summed E-state index contributed by atoms with van der Waals surface area (Å²) in [5.74, 6) is 0.578. The standard InChI is InChI=1S/C16H25N3.HI/c1-13(2)19-15(17)18-12-16(9-6-10-16)11-14-7-4-3-5-8-14;/h3-5,7-8,13H,6,9-12H2,1-2H3,(H3,17,18,19);1H. The third kappa shape index (κ3) is 4.96. The van der Waals surface area contributed by atoms with Gasteiger partial charge in [-0.15, -0.1) is 24.0 Å². The molecule has 3 N–H and O–H groups in total. The monoisotopic (exact) mass is 387 g/mol. The number of guanidine groups is 1. The summed E-state index contributed by atoms with van der Waals surface area (Å²) in [5, 5.41) is 3.16. The molecule has 20 heavy (non-hydrogen) atoms. The first-order valence-electron chi connectivity index (χ1n) is 7.20. The topological polar surface area (TPSA) is 50.4 Å². The number of rotatable bonds is 5. The highest BCUT2D eigenvalue weighted by atomic mass is 127. The van der Waals surface area contributed by atoms with Crippen molar-refractivity contribution >= 4 is 29.9 Å². The molecule has 1 saturated carbocycles. The fourth-order valence-corrected chi connectivity index (χ4v) is 2.69. The average Bonchev–Trinajstić information content (AvgIpc) is 2.33. The zero-order chi connectivity index (χ0) is 13.7. The molecule has 1 aliphatic carbocycles. The summed E-state index contributed by atoms with van der Waals surface area (Å²) in [5.41, 5.74) is 7.64. The molecular formula is C16H26IN3. The maximum Gasteiger partial charge on any atom is 0.188 e. The van der Waals surface area contributed by atoms with E-state index in [-0.39, 0.29) is 24.0 Å². The van der Waals surface area contributed by atoms with Crippen LogP contribution in [-0.4, -0.2) is 18.5 Å². The number of nitrogens with two attached hydrogens (primary N) is 1. The molecule has 0 spiro atoms. The van der Waals surface area contributed by atoms with E-state index in [1.807, 2.05) is 0 Å². The van der Waals surface area contributed by atoms with Crippen molar-refractivity contribution in [2.75, 3.05) is 6.54 Å². The molecule has 0 saturated heterocycles. The van der Waals surface area contributed by atoms with Gasteiger partial charge in [-0.25, -0.2) is 0 Å². The van der Waals surface area contributed by atoms with Gasteiger partial charge in [0.2, 0.25) is 0 Å². The first-order chi connectivity index (χ1) is 9.10. The molecule has 4 heteroatoms. The molecule has 0 amide bonds. The lowest BCUT2D eigenvalue weighted by Gasteiger charge is -2.41. The Morgan fingerprint density at radius 1 is 1.30 bits per heavy atom. The summed E-state index contributed by atoms with van der Waals surface area (Å²) in [4.78, 5) is 4.54. The third-order valence-electron chi connectivity index (χ3n) is 3.86. The van der Waals surface area contributed by atoms with E-state index in [1.54, 1.807) is 0 Å². The molecule has 2 rings (SSSR count). The van der Waals surface area contributed by atoms with Crippen LogP contribution in [0.1, 0.15) is 38.7 Å². The first-order valence-corrected chi connectivity index (χ1v) is 7.20. The SMILES string of the molecule is CC(C)NC(N)=NCC1(Cc2ccccc2)CCC1.I. The van der Waals surface area contributed by atoms with E-state index < -0.39 is 0 Å². The van der Waals surface area contributed by atoms with Crippen LogP contribution >= 0.6 is 24.0 Å². The second-order valence-corrected chi connectivity index (χ2v) is 6.02. The molecule has 1 aromatic carbocycles. The minimum absolute atomic E-state index is 0. The van der Waals surface area contributed by atoms with Crippen LogP contribution in [0.25, 0.3) is 0 Å². The van der Waals surface area contributed by atoms with Gasteiger partial charge in [-0.1, -0.05) is 36.8 Å². The maximum atomic E-state index is 5.89. The number of benzene rings is 1. The Bertz CT molecular complexity index is 425. The van der Waals surface area contributed by atoms with Gasteiger partial charge in [0, 0.05) is 12.6 Å². The van der Waals surface area contributed by atoms with Crippen LogP contribution in [0.15, 0.2) is 35.3 Å². The lowest BCUT2D eigenvalue weighted by atomic mass is 9.65. The van der Waals surface area contributed by atoms with Crippen LogP contribution in [0.5, 0.6) is 0 Å². The van der Waals surface area contributed by atoms with Crippen LogP contribution in [0.3, 0.4) is 0 Å². The molecule has 1 fully saturated rings. The minimum atomic E-state index is 0. The molecule has 0 unspecified atom stereocenters. The number of hydrogen-bond acceptors (Lipinski definition) is 1. The summed E-state index contributed by atoms with van der Waals surface area (Å²) in [7, 11) is 0. The Labute approximate surface area is 139 Å². The second kappa shape index (κ2) is 7.86. The number of aliphatic imine (C=N–C) groups is 1. The van der Waals surface area contributed by atoms with Crippen molar-refractivity contribution in [3.05, 3.63) is 35.9 Å². The molecular weight excluding hydrogens is 361 g/mol. The van der Waals surface area contributed by atoms with Gasteiger partial charge < -0.3 is 11.1 Å².